The normalized spacial score (nSPS) is 12.2. The molecule has 0 fully saturated rings. The number of amides is 2. The van der Waals surface area contributed by atoms with E-state index in [1.165, 1.54) is 12.1 Å². The van der Waals surface area contributed by atoms with E-state index in [1.807, 2.05) is 6.92 Å². The van der Waals surface area contributed by atoms with Crippen molar-refractivity contribution in [3.8, 4) is 0 Å². The van der Waals surface area contributed by atoms with E-state index >= 15 is 0 Å². The molecular weight excluding hydrogens is 602 g/mol. The van der Waals surface area contributed by atoms with E-state index in [-0.39, 0.29) is 17.9 Å². The molecule has 0 unspecified atom stereocenters. The number of hydrogen-bond donors (Lipinski definition) is 0. The SMILES string of the molecule is CCOC(=O)c1cc(Br)c(C(C)(Br)Br)cc1N(C(=O)OC(C)(C)C)C(=O)OC(C)(C)C. The zero-order chi connectivity index (χ0) is 24.4. The van der Waals surface area contributed by atoms with Crippen LogP contribution in [0.1, 0.15) is 71.3 Å². The van der Waals surface area contributed by atoms with Gasteiger partial charge >= 0.3 is 18.2 Å². The molecule has 0 spiro atoms. The lowest BCUT2D eigenvalue weighted by Crippen LogP contribution is -2.44. The van der Waals surface area contributed by atoms with Crippen LogP contribution in [0.4, 0.5) is 15.3 Å². The molecule has 1 aromatic rings. The summed E-state index contributed by atoms with van der Waals surface area (Å²) in [7, 11) is 0. The third-order valence-electron chi connectivity index (χ3n) is 3.45. The number of anilines is 1. The van der Waals surface area contributed by atoms with E-state index in [1.54, 1.807) is 48.5 Å². The molecular formula is C21H28Br3NO6. The first-order valence-electron chi connectivity index (χ1n) is 9.52. The molecule has 0 heterocycles. The van der Waals surface area contributed by atoms with Crippen LogP contribution in [0.15, 0.2) is 16.6 Å². The van der Waals surface area contributed by atoms with Crippen LogP contribution in [-0.2, 0) is 17.4 Å². The summed E-state index contributed by atoms with van der Waals surface area (Å²) in [6, 6.07) is 3.01. The van der Waals surface area contributed by atoms with Gasteiger partial charge in [-0.15, -0.1) is 0 Å². The van der Waals surface area contributed by atoms with Gasteiger partial charge in [-0.2, -0.15) is 4.90 Å². The van der Waals surface area contributed by atoms with Gasteiger partial charge in [-0.25, -0.2) is 14.4 Å². The second-order valence-corrected chi connectivity index (χ2v) is 13.8. The fourth-order valence-corrected chi connectivity index (χ4v) is 4.27. The predicted octanol–water partition coefficient (Wildman–Crippen LogP) is 7.26. The monoisotopic (exact) mass is 627 g/mol. The van der Waals surface area contributed by atoms with Crippen molar-refractivity contribution >= 4 is 71.6 Å². The highest BCUT2D eigenvalue weighted by Gasteiger charge is 2.37. The van der Waals surface area contributed by atoms with Crippen LogP contribution in [0.5, 0.6) is 0 Å². The summed E-state index contributed by atoms with van der Waals surface area (Å²) in [5.74, 6) is -0.701. The molecule has 0 N–H and O–H groups in total. The Kier molecular flexibility index (Phi) is 9.19. The molecule has 0 aromatic heterocycles. The Bertz CT molecular complexity index is 822. The Hall–Kier alpha value is -1.13. The average molecular weight is 630 g/mol. The minimum absolute atomic E-state index is 0.00144. The Morgan fingerprint density at radius 1 is 0.903 bits per heavy atom. The molecule has 0 bridgehead atoms. The van der Waals surface area contributed by atoms with Gasteiger partial charge in [-0.1, -0.05) is 47.8 Å². The summed E-state index contributed by atoms with van der Waals surface area (Å²) in [6.07, 6.45) is -1.96. The minimum Gasteiger partial charge on any atom is -0.462 e. The molecule has 1 aromatic carbocycles. The third kappa shape index (κ3) is 8.38. The van der Waals surface area contributed by atoms with Gasteiger partial charge < -0.3 is 14.2 Å². The summed E-state index contributed by atoms with van der Waals surface area (Å²) in [5, 5.41) is 0. The van der Waals surface area contributed by atoms with Gasteiger partial charge in [0.15, 0.2) is 0 Å². The topological polar surface area (TPSA) is 82.1 Å². The fourth-order valence-electron chi connectivity index (χ4n) is 2.34. The second-order valence-electron chi connectivity index (χ2n) is 8.75. The van der Waals surface area contributed by atoms with Crippen LogP contribution >= 0.6 is 47.8 Å². The van der Waals surface area contributed by atoms with Crippen molar-refractivity contribution < 1.29 is 28.6 Å². The van der Waals surface area contributed by atoms with Crippen molar-refractivity contribution in [2.24, 2.45) is 0 Å². The number of halogens is 3. The zero-order valence-electron chi connectivity index (χ0n) is 18.9. The van der Waals surface area contributed by atoms with Crippen molar-refractivity contribution in [1.82, 2.24) is 0 Å². The Morgan fingerprint density at radius 3 is 1.71 bits per heavy atom. The van der Waals surface area contributed by atoms with Crippen LogP contribution in [0.3, 0.4) is 0 Å². The number of hydrogen-bond acceptors (Lipinski definition) is 6. The fraction of sp³-hybridized carbons (Fsp3) is 0.571. The number of carbonyl (C=O) groups is 3. The quantitative estimate of drug-likeness (QED) is 0.198. The molecule has 10 heteroatoms. The van der Waals surface area contributed by atoms with Crippen LogP contribution in [0.2, 0.25) is 0 Å². The molecule has 7 nitrogen and oxygen atoms in total. The summed E-state index contributed by atoms with van der Waals surface area (Å²) < 4.78 is 15.9. The molecule has 0 aliphatic carbocycles. The maximum absolute atomic E-state index is 13.1. The van der Waals surface area contributed by atoms with Gasteiger partial charge in [0.1, 0.15) is 14.4 Å². The van der Waals surface area contributed by atoms with Crippen LogP contribution in [0.25, 0.3) is 0 Å². The van der Waals surface area contributed by atoms with Gasteiger partial charge in [0.2, 0.25) is 0 Å². The molecule has 2 amide bonds. The van der Waals surface area contributed by atoms with Crippen LogP contribution < -0.4 is 4.90 Å². The summed E-state index contributed by atoms with van der Waals surface area (Å²) in [6.45, 7) is 13.6. The highest BCUT2D eigenvalue weighted by molar-refractivity contribution is 9.24. The summed E-state index contributed by atoms with van der Waals surface area (Å²) >= 11 is 10.4. The van der Waals surface area contributed by atoms with Crippen LogP contribution in [-0.4, -0.2) is 36.0 Å². The van der Waals surface area contributed by atoms with Crippen molar-refractivity contribution in [3.05, 3.63) is 27.7 Å². The first-order chi connectivity index (χ1) is 13.9. The van der Waals surface area contributed by atoms with Crippen LogP contribution in [0, 0.1) is 0 Å². The van der Waals surface area contributed by atoms with Crippen molar-refractivity contribution in [3.63, 3.8) is 0 Å². The van der Waals surface area contributed by atoms with Crippen molar-refractivity contribution in [2.75, 3.05) is 11.5 Å². The number of alkyl halides is 2. The number of imide groups is 1. The second kappa shape index (κ2) is 10.2. The van der Waals surface area contributed by atoms with E-state index in [4.69, 9.17) is 14.2 Å². The smallest absolute Gasteiger partial charge is 0.424 e. The first-order valence-corrected chi connectivity index (χ1v) is 11.9. The lowest BCUT2D eigenvalue weighted by molar-refractivity contribution is 0.0430. The third-order valence-corrected chi connectivity index (χ3v) is 4.96. The molecule has 0 aliphatic heterocycles. The maximum atomic E-state index is 13.1. The van der Waals surface area contributed by atoms with E-state index < -0.39 is 32.6 Å². The lowest BCUT2D eigenvalue weighted by Gasteiger charge is -2.30. The van der Waals surface area contributed by atoms with Gasteiger partial charge in [0.05, 0.1) is 17.9 Å². The Labute approximate surface area is 208 Å². The molecule has 1 rings (SSSR count). The van der Waals surface area contributed by atoms with Crippen molar-refractivity contribution in [2.45, 2.75) is 69.8 Å². The molecule has 0 radical (unpaired) electrons. The lowest BCUT2D eigenvalue weighted by atomic mass is 10.1. The maximum Gasteiger partial charge on any atom is 0.424 e. The van der Waals surface area contributed by atoms with E-state index in [9.17, 15) is 14.4 Å². The number of carbonyl (C=O) groups excluding carboxylic acids is 3. The largest absolute Gasteiger partial charge is 0.462 e. The Balaban J connectivity index is 3.82. The van der Waals surface area contributed by atoms with Gasteiger partial charge in [0.25, 0.3) is 0 Å². The number of rotatable bonds is 4. The van der Waals surface area contributed by atoms with E-state index in [0.717, 1.165) is 0 Å². The number of esters is 1. The molecule has 0 aliphatic rings. The number of nitrogens with zero attached hydrogens (tertiary/aromatic N) is 1. The van der Waals surface area contributed by atoms with Gasteiger partial charge in [-0.05, 0) is 73.1 Å². The Morgan fingerprint density at radius 2 is 1.35 bits per heavy atom. The molecule has 0 atom stereocenters. The minimum atomic E-state index is -0.980. The molecule has 0 saturated heterocycles. The van der Waals surface area contributed by atoms with Crippen molar-refractivity contribution in [1.29, 1.82) is 0 Å². The van der Waals surface area contributed by atoms with E-state index in [2.05, 4.69) is 47.8 Å². The molecule has 174 valence electrons. The van der Waals surface area contributed by atoms with Gasteiger partial charge in [-0.3, -0.25) is 0 Å². The number of benzene rings is 1. The molecule has 0 saturated carbocycles. The molecule has 31 heavy (non-hydrogen) atoms. The zero-order valence-corrected chi connectivity index (χ0v) is 23.7. The summed E-state index contributed by atoms with van der Waals surface area (Å²) in [5.41, 5.74) is -1.19. The number of ether oxygens (including phenoxy) is 3. The highest BCUT2D eigenvalue weighted by Crippen LogP contribution is 2.44. The van der Waals surface area contributed by atoms with Gasteiger partial charge in [0, 0.05) is 4.47 Å². The standard InChI is InChI=1S/C21H28Br3NO6/c1-9-29-16(26)12-10-14(22)13(21(8,23)24)11-15(12)25(17(27)30-19(2,3)4)18(28)31-20(5,6)7/h10-11H,9H2,1-8H3. The average Bonchev–Trinajstić information content (AvgIpc) is 2.51. The van der Waals surface area contributed by atoms with E-state index in [0.29, 0.717) is 14.9 Å². The summed E-state index contributed by atoms with van der Waals surface area (Å²) in [4.78, 5) is 39.6. The first kappa shape index (κ1) is 27.9. The highest BCUT2D eigenvalue weighted by atomic mass is 79.9. The predicted molar refractivity (Wildman–Crippen MR) is 130 cm³/mol.